The fourth-order valence-electron chi connectivity index (χ4n) is 1.86. The standard InChI is InChI=1S/C10H16N4OS/c1-3-8-9(16-13-12-8)10(15)14-5-4-11-7(2)6-14/h7,11H,3-6H2,1-2H3. The van der Waals surface area contributed by atoms with Crippen molar-refractivity contribution in [2.45, 2.75) is 26.3 Å². The van der Waals surface area contributed by atoms with E-state index in [9.17, 15) is 4.79 Å². The van der Waals surface area contributed by atoms with Crippen LogP contribution in [0.5, 0.6) is 0 Å². The van der Waals surface area contributed by atoms with Gasteiger partial charge in [-0.1, -0.05) is 11.4 Å². The zero-order chi connectivity index (χ0) is 11.5. The molecule has 1 atom stereocenters. The molecule has 1 aliphatic heterocycles. The second kappa shape index (κ2) is 4.88. The summed E-state index contributed by atoms with van der Waals surface area (Å²) in [6.45, 7) is 6.48. The lowest BCUT2D eigenvalue weighted by Gasteiger charge is -2.31. The van der Waals surface area contributed by atoms with Crippen LogP contribution < -0.4 is 5.32 Å². The molecule has 6 heteroatoms. The number of nitrogens with one attached hydrogen (secondary N) is 1. The number of rotatable bonds is 2. The van der Waals surface area contributed by atoms with Crippen LogP contribution in [-0.4, -0.2) is 46.1 Å². The zero-order valence-corrected chi connectivity index (χ0v) is 10.4. The Morgan fingerprint density at radius 3 is 3.19 bits per heavy atom. The molecule has 0 aliphatic carbocycles. The topological polar surface area (TPSA) is 58.1 Å². The SMILES string of the molecule is CCc1nnsc1C(=O)N1CCNC(C)C1. The highest BCUT2D eigenvalue weighted by molar-refractivity contribution is 7.08. The third-order valence-electron chi connectivity index (χ3n) is 2.74. The molecular formula is C10H16N4OS. The Kier molecular flexibility index (Phi) is 3.50. The third kappa shape index (κ3) is 2.22. The van der Waals surface area contributed by atoms with Gasteiger partial charge >= 0.3 is 0 Å². The van der Waals surface area contributed by atoms with Crippen LogP contribution in [0.25, 0.3) is 0 Å². The molecule has 2 heterocycles. The molecule has 2 rings (SSSR count). The van der Waals surface area contributed by atoms with E-state index in [1.165, 1.54) is 11.5 Å². The highest BCUT2D eigenvalue weighted by atomic mass is 32.1. The van der Waals surface area contributed by atoms with Crippen LogP contribution in [0.3, 0.4) is 0 Å². The molecule has 0 radical (unpaired) electrons. The molecule has 5 nitrogen and oxygen atoms in total. The van der Waals surface area contributed by atoms with Gasteiger partial charge in [0.2, 0.25) is 0 Å². The van der Waals surface area contributed by atoms with Crippen molar-refractivity contribution in [3.8, 4) is 0 Å². The minimum absolute atomic E-state index is 0.0835. The van der Waals surface area contributed by atoms with Gasteiger partial charge in [0.15, 0.2) is 0 Å². The molecule has 1 aliphatic rings. The minimum Gasteiger partial charge on any atom is -0.335 e. The molecule has 1 saturated heterocycles. The van der Waals surface area contributed by atoms with E-state index in [4.69, 9.17) is 0 Å². The molecule has 1 fully saturated rings. The van der Waals surface area contributed by atoms with E-state index in [-0.39, 0.29) is 5.91 Å². The van der Waals surface area contributed by atoms with Crippen LogP contribution in [0.15, 0.2) is 0 Å². The van der Waals surface area contributed by atoms with Gasteiger partial charge in [0.25, 0.3) is 5.91 Å². The summed E-state index contributed by atoms with van der Waals surface area (Å²) in [4.78, 5) is 14.8. The lowest BCUT2D eigenvalue weighted by Crippen LogP contribution is -2.51. The minimum atomic E-state index is 0.0835. The Hall–Kier alpha value is -1.01. The van der Waals surface area contributed by atoms with E-state index in [2.05, 4.69) is 21.8 Å². The molecule has 1 N–H and O–H groups in total. The Labute approximate surface area is 99.0 Å². The van der Waals surface area contributed by atoms with Crippen molar-refractivity contribution in [3.05, 3.63) is 10.6 Å². The van der Waals surface area contributed by atoms with E-state index >= 15 is 0 Å². The number of nitrogens with zero attached hydrogens (tertiary/aromatic N) is 3. The maximum absolute atomic E-state index is 12.2. The van der Waals surface area contributed by atoms with E-state index in [1.54, 1.807) is 0 Å². The first-order valence-electron chi connectivity index (χ1n) is 5.56. The van der Waals surface area contributed by atoms with Crippen LogP contribution in [0.2, 0.25) is 0 Å². The van der Waals surface area contributed by atoms with Crippen LogP contribution in [0.4, 0.5) is 0 Å². The summed E-state index contributed by atoms with van der Waals surface area (Å²) in [5, 5.41) is 7.29. The summed E-state index contributed by atoms with van der Waals surface area (Å²) < 4.78 is 3.86. The second-order valence-electron chi connectivity index (χ2n) is 4.01. The summed E-state index contributed by atoms with van der Waals surface area (Å²) in [7, 11) is 0. The number of hydrogen-bond donors (Lipinski definition) is 1. The molecule has 0 saturated carbocycles. The van der Waals surface area contributed by atoms with Crippen molar-refractivity contribution in [2.75, 3.05) is 19.6 Å². The lowest BCUT2D eigenvalue weighted by molar-refractivity contribution is 0.0712. The number of carbonyl (C=O) groups is 1. The highest BCUT2D eigenvalue weighted by Gasteiger charge is 2.25. The van der Waals surface area contributed by atoms with Crippen molar-refractivity contribution in [1.82, 2.24) is 19.8 Å². The number of aromatic nitrogens is 2. The highest BCUT2D eigenvalue weighted by Crippen LogP contribution is 2.15. The van der Waals surface area contributed by atoms with Crippen molar-refractivity contribution in [1.29, 1.82) is 0 Å². The Bertz CT molecular complexity index is 379. The van der Waals surface area contributed by atoms with Gasteiger partial charge in [-0.05, 0) is 24.9 Å². The van der Waals surface area contributed by atoms with E-state index in [1.807, 2.05) is 11.8 Å². The summed E-state index contributed by atoms with van der Waals surface area (Å²) >= 11 is 1.20. The van der Waals surface area contributed by atoms with Crippen LogP contribution in [-0.2, 0) is 6.42 Å². The third-order valence-corrected chi connectivity index (χ3v) is 3.50. The van der Waals surface area contributed by atoms with Gasteiger partial charge < -0.3 is 10.2 Å². The van der Waals surface area contributed by atoms with Crippen molar-refractivity contribution >= 4 is 17.4 Å². The van der Waals surface area contributed by atoms with Gasteiger partial charge in [-0.15, -0.1) is 5.10 Å². The fraction of sp³-hybridized carbons (Fsp3) is 0.700. The average molecular weight is 240 g/mol. The van der Waals surface area contributed by atoms with Crippen LogP contribution in [0, 0.1) is 0 Å². The largest absolute Gasteiger partial charge is 0.335 e. The molecule has 1 aromatic heterocycles. The van der Waals surface area contributed by atoms with E-state index < -0.39 is 0 Å². The van der Waals surface area contributed by atoms with Crippen LogP contribution in [0.1, 0.15) is 29.2 Å². The second-order valence-corrected chi connectivity index (χ2v) is 4.76. The lowest BCUT2D eigenvalue weighted by atomic mass is 10.2. The molecule has 1 amide bonds. The first kappa shape index (κ1) is 11.5. The Morgan fingerprint density at radius 2 is 2.50 bits per heavy atom. The Morgan fingerprint density at radius 1 is 1.69 bits per heavy atom. The molecular weight excluding hydrogens is 224 g/mol. The van der Waals surface area contributed by atoms with Gasteiger partial charge in [0.1, 0.15) is 4.88 Å². The first-order valence-corrected chi connectivity index (χ1v) is 6.33. The van der Waals surface area contributed by atoms with Gasteiger partial charge in [0.05, 0.1) is 5.69 Å². The first-order chi connectivity index (χ1) is 7.72. The van der Waals surface area contributed by atoms with E-state index in [0.717, 1.165) is 31.7 Å². The van der Waals surface area contributed by atoms with Crippen LogP contribution >= 0.6 is 11.5 Å². The molecule has 0 spiro atoms. The predicted molar refractivity (Wildman–Crippen MR) is 62.7 cm³/mol. The number of carbonyl (C=O) groups excluding carboxylic acids is 1. The zero-order valence-electron chi connectivity index (χ0n) is 9.56. The van der Waals surface area contributed by atoms with Gasteiger partial charge in [0, 0.05) is 25.7 Å². The fourth-order valence-corrected chi connectivity index (χ4v) is 2.58. The molecule has 1 aromatic rings. The van der Waals surface area contributed by atoms with Crippen molar-refractivity contribution < 1.29 is 4.79 Å². The number of hydrogen-bond acceptors (Lipinski definition) is 5. The number of piperazine rings is 1. The maximum atomic E-state index is 12.2. The van der Waals surface area contributed by atoms with Crippen molar-refractivity contribution in [3.63, 3.8) is 0 Å². The summed E-state index contributed by atoms with van der Waals surface area (Å²) in [5.41, 5.74) is 0.821. The molecule has 16 heavy (non-hydrogen) atoms. The van der Waals surface area contributed by atoms with E-state index in [0.29, 0.717) is 10.9 Å². The number of aryl methyl sites for hydroxylation is 1. The monoisotopic (exact) mass is 240 g/mol. The molecule has 0 aromatic carbocycles. The molecule has 0 bridgehead atoms. The summed E-state index contributed by atoms with van der Waals surface area (Å²) in [6.07, 6.45) is 0.763. The van der Waals surface area contributed by atoms with Gasteiger partial charge in [-0.2, -0.15) is 0 Å². The predicted octanol–water partition coefficient (Wildman–Crippen LogP) is 0.534. The summed E-state index contributed by atoms with van der Waals surface area (Å²) in [5.74, 6) is 0.0835. The average Bonchev–Trinajstić information content (AvgIpc) is 2.76. The normalized spacial score (nSPS) is 21.1. The summed E-state index contributed by atoms with van der Waals surface area (Å²) in [6, 6.07) is 0.364. The Balaban J connectivity index is 2.12. The van der Waals surface area contributed by atoms with Gasteiger partial charge in [-0.25, -0.2) is 0 Å². The quantitative estimate of drug-likeness (QED) is 0.819. The number of amides is 1. The molecule has 88 valence electrons. The molecule has 1 unspecified atom stereocenters. The van der Waals surface area contributed by atoms with Gasteiger partial charge in [-0.3, -0.25) is 4.79 Å². The smallest absolute Gasteiger partial charge is 0.267 e. The maximum Gasteiger partial charge on any atom is 0.267 e. The van der Waals surface area contributed by atoms with Crippen molar-refractivity contribution in [2.24, 2.45) is 0 Å².